The van der Waals surface area contributed by atoms with E-state index in [1.165, 1.54) is 11.3 Å². The first kappa shape index (κ1) is 12.2. The van der Waals surface area contributed by atoms with Gasteiger partial charge in [-0.1, -0.05) is 5.16 Å². The third-order valence-electron chi connectivity index (χ3n) is 2.90. The molecule has 1 fully saturated rings. The number of hydrogen-bond acceptors (Lipinski definition) is 7. The van der Waals surface area contributed by atoms with E-state index in [0.29, 0.717) is 23.4 Å². The fraction of sp³-hybridized carbons (Fsp3) is 0.455. The van der Waals surface area contributed by atoms with Crippen LogP contribution in [0, 0.1) is 6.92 Å². The van der Waals surface area contributed by atoms with Gasteiger partial charge in [0.1, 0.15) is 0 Å². The van der Waals surface area contributed by atoms with Crippen molar-refractivity contribution in [3.05, 3.63) is 23.3 Å². The number of hydrogen-bond donors (Lipinski definition) is 1. The van der Waals surface area contributed by atoms with Gasteiger partial charge in [-0.3, -0.25) is 9.69 Å². The predicted molar refractivity (Wildman–Crippen MR) is 69.0 cm³/mol. The number of amides is 1. The summed E-state index contributed by atoms with van der Waals surface area (Å²) in [5, 5.41) is 8.98. The van der Waals surface area contributed by atoms with Gasteiger partial charge in [0, 0.05) is 24.7 Å². The van der Waals surface area contributed by atoms with Crippen molar-refractivity contribution in [1.82, 2.24) is 20.0 Å². The first-order valence-corrected chi connectivity index (χ1v) is 6.80. The van der Waals surface area contributed by atoms with E-state index < -0.39 is 0 Å². The standard InChI is InChI=1S/C11H13N5O2S/c1-7-13-10(18-15-7)8-4-16(5-8)6-9(17)14-11-12-2-3-19-11/h2-3,8H,4-6H2,1H3,(H,12,14,17). The smallest absolute Gasteiger partial charge is 0.240 e. The number of thiazole rings is 1. The molecule has 3 rings (SSSR count). The molecule has 3 heterocycles. The number of anilines is 1. The van der Waals surface area contributed by atoms with Crippen molar-refractivity contribution >= 4 is 22.4 Å². The summed E-state index contributed by atoms with van der Waals surface area (Å²) in [5.74, 6) is 1.51. The molecule has 1 aliphatic heterocycles. The van der Waals surface area contributed by atoms with Crippen LogP contribution in [-0.2, 0) is 4.79 Å². The summed E-state index contributed by atoms with van der Waals surface area (Å²) in [7, 11) is 0. The van der Waals surface area contributed by atoms with Crippen LogP contribution in [-0.4, -0.2) is 45.6 Å². The number of aromatic nitrogens is 3. The summed E-state index contributed by atoms with van der Waals surface area (Å²) in [6, 6.07) is 0. The monoisotopic (exact) mass is 279 g/mol. The van der Waals surface area contributed by atoms with Gasteiger partial charge in [0.2, 0.25) is 11.8 Å². The Labute approximate surface area is 113 Å². The van der Waals surface area contributed by atoms with Gasteiger partial charge in [-0.05, 0) is 6.92 Å². The number of carbonyl (C=O) groups excluding carboxylic acids is 1. The molecular weight excluding hydrogens is 266 g/mol. The normalized spacial score (nSPS) is 16.3. The van der Waals surface area contributed by atoms with Crippen LogP contribution in [0.15, 0.2) is 16.1 Å². The number of aryl methyl sites for hydroxylation is 1. The maximum Gasteiger partial charge on any atom is 0.240 e. The molecule has 0 unspecified atom stereocenters. The molecule has 1 N–H and O–H groups in total. The van der Waals surface area contributed by atoms with E-state index in [-0.39, 0.29) is 11.8 Å². The number of nitrogens with one attached hydrogen (secondary N) is 1. The average Bonchev–Trinajstić information content (AvgIpc) is 2.94. The summed E-state index contributed by atoms with van der Waals surface area (Å²) in [5.41, 5.74) is 0. The molecule has 7 nitrogen and oxygen atoms in total. The van der Waals surface area contributed by atoms with Gasteiger partial charge < -0.3 is 9.84 Å². The summed E-state index contributed by atoms with van der Waals surface area (Å²) < 4.78 is 5.11. The Morgan fingerprint density at radius 3 is 3.11 bits per heavy atom. The van der Waals surface area contributed by atoms with Crippen molar-refractivity contribution in [3.63, 3.8) is 0 Å². The van der Waals surface area contributed by atoms with Crippen molar-refractivity contribution < 1.29 is 9.32 Å². The fourth-order valence-corrected chi connectivity index (χ4v) is 2.53. The molecule has 0 bridgehead atoms. The minimum Gasteiger partial charge on any atom is -0.339 e. The summed E-state index contributed by atoms with van der Waals surface area (Å²) in [4.78, 5) is 22.0. The lowest BCUT2D eigenvalue weighted by Gasteiger charge is -2.36. The van der Waals surface area contributed by atoms with E-state index >= 15 is 0 Å². The van der Waals surface area contributed by atoms with Crippen molar-refractivity contribution in [2.45, 2.75) is 12.8 Å². The first-order chi connectivity index (χ1) is 9.20. The summed E-state index contributed by atoms with van der Waals surface area (Å²) >= 11 is 1.41. The van der Waals surface area contributed by atoms with Crippen LogP contribution in [0.1, 0.15) is 17.6 Å². The molecule has 100 valence electrons. The molecule has 1 saturated heterocycles. The zero-order chi connectivity index (χ0) is 13.2. The van der Waals surface area contributed by atoms with Crippen molar-refractivity contribution in [2.75, 3.05) is 25.0 Å². The first-order valence-electron chi connectivity index (χ1n) is 5.92. The van der Waals surface area contributed by atoms with Gasteiger partial charge >= 0.3 is 0 Å². The third kappa shape index (κ3) is 2.79. The van der Waals surface area contributed by atoms with Crippen LogP contribution in [0.4, 0.5) is 5.13 Å². The highest BCUT2D eigenvalue weighted by Gasteiger charge is 2.33. The zero-order valence-electron chi connectivity index (χ0n) is 10.4. The van der Waals surface area contributed by atoms with Crippen LogP contribution >= 0.6 is 11.3 Å². The lowest BCUT2D eigenvalue weighted by atomic mass is 10.0. The van der Waals surface area contributed by atoms with Crippen LogP contribution < -0.4 is 5.32 Å². The molecule has 8 heteroatoms. The van der Waals surface area contributed by atoms with Crippen LogP contribution in [0.3, 0.4) is 0 Å². The van der Waals surface area contributed by atoms with Crippen molar-refractivity contribution in [1.29, 1.82) is 0 Å². The lowest BCUT2D eigenvalue weighted by molar-refractivity contribution is -0.118. The van der Waals surface area contributed by atoms with E-state index in [2.05, 4.69) is 20.4 Å². The Morgan fingerprint density at radius 1 is 1.63 bits per heavy atom. The van der Waals surface area contributed by atoms with Gasteiger partial charge in [-0.15, -0.1) is 11.3 Å². The van der Waals surface area contributed by atoms with E-state index in [9.17, 15) is 4.79 Å². The SMILES string of the molecule is Cc1noc(C2CN(CC(=O)Nc3nccs3)C2)n1. The summed E-state index contributed by atoms with van der Waals surface area (Å²) in [6.45, 7) is 3.70. The zero-order valence-corrected chi connectivity index (χ0v) is 11.2. The van der Waals surface area contributed by atoms with Gasteiger partial charge in [0.25, 0.3) is 0 Å². The van der Waals surface area contributed by atoms with Gasteiger partial charge in [-0.25, -0.2) is 4.98 Å². The van der Waals surface area contributed by atoms with Crippen molar-refractivity contribution in [3.8, 4) is 0 Å². The van der Waals surface area contributed by atoms with Gasteiger partial charge in [0.15, 0.2) is 11.0 Å². The van der Waals surface area contributed by atoms with E-state index in [4.69, 9.17) is 4.52 Å². The Bertz CT molecular complexity index is 561. The van der Waals surface area contributed by atoms with E-state index in [1.54, 1.807) is 13.1 Å². The highest BCUT2D eigenvalue weighted by atomic mass is 32.1. The fourth-order valence-electron chi connectivity index (χ4n) is 1.98. The topological polar surface area (TPSA) is 84.2 Å². The Morgan fingerprint density at radius 2 is 2.47 bits per heavy atom. The second-order valence-electron chi connectivity index (χ2n) is 4.46. The summed E-state index contributed by atoms with van der Waals surface area (Å²) in [6.07, 6.45) is 1.66. The second kappa shape index (κ2) is 5.06. The molecular formula is C11H13N5O2S. The largest absolute Gasteiger partial charge is 0.339 e. The quantitative estimate of drug-likeness (QED) is 0.894. The van der Waals surface area contributed by atoms with E-state index in [1.807, 2.05) is 10.3 Å². The molecule has 1 amide bonds. The minimum absolute atomic E-state index is 0.0462. The molecule has 0 saturated carbocycles. The number of rotatable bonds is 4. The second-order valence-corrected chi connectivity index (χ2v) is 5.35. The molecule has 0 aromatic carbocycles. The average molecular weight is 279 g/mol. The molecule has 19 heavy (non-hydrogen) atoms. The number of nitrogens with zero attached hydrogens (tertiary/aromatic N) is 4. The molecule has 2 aromatic rings. The Balaban J connectivity index is 1.45. The number of likely N-dealkylation sites (tertiary alicyclic amines) is 1. The Hall–Kier alpha value is -1.80. The number of carbonyl (C=O) groups is 1. The van der Waals surface area contributed by atoms with E-state index in [0.717, 1.165) is 13.1 Å². The maximum atomic E-state index is 11.7. The molecule has 1 aliphatic rings. The van der Waals surface area contributed by atoms with Crippen LogP contribution in [0.2, 0.25) is 0 Å². The van der Waals surface area contributed by atoms with Crippen LogP contribution in [0.5, 0.6) is 0 Å². The van der Waals surface area contributed by atoms with Gasteiger partial charge in [0.05, 0.1) is 12.5 Å². The highest BCUT2D eigenvalue weighted by Crippen LogP contribution is 2.25. The molecule has 0 atom stereocenters. The highest BCUT2D eigenvalue weighted by molar-refractivity contribution is 7.13. The van der Waals surface area contributed by atoms with Gasteiger partial charge in [-0.2, -0.15) is 4.98 Å². The van der Waals surface area contributed by atoms with Crippen molar-refractivity contribution in [2.24, 2.45) is 0 Å². The molecule has 2 aromatic heterocycles. The lowest BCUT2D eigenvalue weighted by Crippen LogP contribution is -2.48. The molecule has 0 radical (unpaired) electrons. The predicted octanol–water partition coefficient (Wildman–Crippen LogP) is 0.872. The Kier molecular flexibility index (Phi) is 3.26. The molecule has 0 aliphatic carbocycles. The minimum atomic E-state index is -0.0462. The third-order valence-corrected chi connectivity index (χ3v) is 3.58. The maximum absolute atomic E-state index is 11.7. The van der Waals surface area contributed by atoms with Crippen LogP contribution in [0.25, 0.3) is 0 Å². The molecule has 0 spiro atoms.